The van der Waals surface area contributed by atoms with E-state index >= 15 is 0 Å². The highest BCUT2D eigenvalue weighted by Crippen LogP contribution is 2.37. The van der Waals surface area contributed by atoms with Gasteiger partial charge < -0.3 is 20.1 Å². The number of halogens is 1. The first-order valence-corrected chi connectivity index (χ1v) is 7.81. The highest BCUT2D eigenvalue weighted by atomic mass is 35.5. The van der Waals surface area contributed by atoms with E-state index in [0.717, 1.165) is 6.42 Å². The molecule has 1 aromatic carbocycles. The van der Waals surface area contributed by atoms with E-state index in [4.69, 9.17) is 26.8 Å². The van der Waals surface area contributed by atoms with E-state index in [1.165, 1.54) is 7.11 Å². The van der Waals surface area contributed by atoms with Crippen molar-refractivity contribution in [3.8, 4) is 11.5 Å². The molecule has 22 heavy (non-hydrogen) atoms. The molecule has 1 unspecified atom stereocenters. The molecule has 1 aliphatic rings. The Kier molecular flexibility index (Phi) is 5.19. The van der Waals surface area contributed by atoms with Crippen LogP contribution in [0, 0.1) is 5.41 Å². The second-order valence-corrected chi connectivity index (χ2v) is 6.32. The predicted octanol–water partition coefficient (Wildman–Crippen LogP) is 2.56. The molecule has 5 nitrogen and oxygen atoms in total. The largest absolute Gasteiger partial charge is 0.493 e. The highest BCUT2D eigenvalue weighted by molar-refractivity contribution is 6.32. The summed E-state index contributed by atoms with van der Waals surface area (Å²) in [5.74, 6) is 0.885. The topological polar surface area (TPSA) is 64.8 Å². The first-order chi connectivity index (χ1) is 10.4. The molecule has 2 rings (SSSR count). The van der Waals surface area contributed by atoms with Crippen LogP contribution in [-0.4, -0.2) is 44.2 Å². The Bertz CT molecular complexity index is 565. The van der Waals surface area contributed by atoms with Crippen LogP contribution in [0.15, 0.2) is 12.1 Å². The molecule has 1 saturated heterocycles. The molecule has 0 saturated carbocycles. The quantitative estimate of drug-likeness (QED) is 0.903. The van der Waals surface area contributed by atoms with Crippen LogP contribution < -0.4 is 15.2 Å². The normalized spacial score (nSPS) is 21.0. The Morgan fingerprint density at radius 1 is 1.50 bits per heavy atom. The summed E-state index contributed by atoms with van der Waals surface area (Å²) >= 11 is 6.23. The summed E-state index contributed by atoms with van der Waals surface area (Å²) in [6.07, 6.45) is 0.914. The number of carbonyl (C=O) groups excluding carboxylic acids is 1. The third-order valence-corrected chi connectivity index (χ3v) is 4.38. The lowest BCUT2D eigenvalue weighted by molar-refractivity contribution is 0.0776. The Balaban J connectivity index is 2.26. The number of likely N-dealkylation sites (tertiary alicyclic amines) is 1. The van der Waals surface area contributed by atoms with E-state index in [1.54, 1.807) is 12.1 Å². The SMILES string of the molecule is CCOc1c(Cl)cc(C(=O)N2CCC(C)(CN)C2)cc1OC. The Hall–Kier alpha value is -1.46. The van der Waals surface area contributed by atoms with Gasteiger partial charge in [0.05, 0.1) is 18.7 Å². The summed E-state index contributed by atoms with van der Waals surface area (Å²) in [5, 5.41) is 0.380. The number of nitrogens with two attached hydrogens (primary N) is 1. The van der Waals surface area contributed by atoms with Crippen molar-refractivity contribution in [3.05, 3.63) is 22.7 Å². The van der Waals surface area contributed by atoms with Gasteiger partial charge in [0.25, 0.3) is 5.91 Å². The maximum Gasteiger partial charge on any atom is 0.254 e. The van der Waals surface area contributed by atoms with Crippen LogP contribution in [0.25, 0.3) is 0 Å². The molecule has 0 bridgehead atoms. The van der Waals surface area contributed by atoms with E-state index in [9.17, 15) is 4.79 Å². The number of ether oxygens (including phenoxy) is 2. The molecule has 0 aliphatic carbocycles. The second kappa shape index (κ2) is 6.75. The van der Waals surface area contributed by atoms with E-state index in [2.05, 4.69) is 6.92 Å². The summed E-state index contributed by atoms with van der Waals surface area (Å²) in [4.78, 5) is 14.5. The lowest BCUT2D eigenvalue weighted by Crippen LogP contribution is -2.34. The number of rotatable bonds is 5. The summed E-state index contributed by atoms with van der Waals surface area (Å²) in [6, 6.07) is 3.31. The van der Waals surface area contributed by atoms with E-state index < -0.39 is 0 Å². The van der Waals surface area contributed by atoms with Gasteiger partial charge in [0.15, 0.2) is 11.5 Å². The molecule has 1 atom stereocenters. The fourth-order valence-electron chi connectivity index (χ4n) is 2.67. The Morgan fingerprint density at radius 3 is 2.77 bits per heavy atom. The van der Waals surface area contributed by atoms with Gasteiger partial charge in [-0.05, 0) is 37.4 Å². The molecule has 0 aromatic heterocycles. The minimum absolute atomic E-state index is 0.00516. The third-order valence-electron chi connectivity index (χ3n) is 4.10. The van der Waals surface area contributed by atoms with Crippen molar-refractivity contribution in [2.24, 2.45) is 11.1 Å². The van der Waals surface area contributed by atoms with Crippen LogP contribution in [0.1, 0.15) is 30.6 Å². The smallest absolute Gasteiger partial charge is 0.254 e. The van der Waals surface area contributed by atoms with Crippen molar-refractivity contribution in [1.82, 2.24) is 4.90 Å². The predicted molar refractivity (Wildman–Crippen MR) is 86.9 cm³/mol. The number of amides is 1. The first-order valence-electron chi connectivity index (χ1n) is 7.44. The van der Waals surface area contributed by atoms with Crippen LogP contribution in [-0.2, 0) is 0 Å². The molecule has 122 valence electrons. The van der Waals surface area contributed by atoms with Crippen molar-refractivity contribution in [2.75, 3.05) is 33.4 Å². The molecule has 1 fully saturated rings. The highest BCUT2D eigenvalue weighted by Gasteiger charge is 2.35. The fraction of sp³-hybridized carbons (Fsp3) is 0.562. The zero-order valence-corrected chi connectivity index (χ0v) is 14.1. The monoisotopic (exact) mass is 326 g/mol. The zero-order valence-electron chi connectivity index (χ0n) is 13.3. The molecular formula is C16H23ClN2O3. The van der Waals surface area contributed by atoms with Crippen LogP contribution in [0.3, 0.4) is 0 Å². The van der Waals surface area contributed by atoms with Gasteiger partial charge in [-0.15, -0.1) is 0 Å². The average molecular weight is 327 g/mol. The van der Waals surface area contributed by atoms with Crippen LogP contribution in [0.2, 0.25) is 5.02 Å². The molecule has 0 spiro atoms. The lowest BCUT2D eigenvalue weighted by Gasteiger charge is -2.23. The first kappa shape index (κ1) is 16.9. The molecule has 1 aliphatic heterocycles. The minimum atomic E-state index is -0.0552. The summed E-state index contributed by atoms with van der Waals surface area (Å²) in [7, 11) is 1.53. The average Bonchev–Trinajstić information content (AvgIpc) is 2.91. The maximum atomic E-state index is 12.7. The molecule has 1 heterocycles. The van der Waals surface area contributed by atoms with E-state index in [1.807, 2.05) is 11.8 Å². The molecule has 1 amide bonds. The third kappa shape index (κ3) is 3.31. The number of carbonyl (C=O) groups is 1. The second-order valence-electron chi connectivity index (χ2n) is 5.91. The van der Waals surface area contributed by atoms with E-state index in [-0.39, 0.29) is 11.3 Å². The summed E-state index contributed by atoms with van der Waals surface area (Å²) < 4.78 is 10.8. The lowest BCUT2D eigenvalue weighted by atomic mass is 9.90. The van der Waals surface area contributed by atoms with Crippen molar-refractivity contribution in [2.45, 2.75) is 20.3 Å². The Labute approximate surface area is 136 Å². The van der Waals surface area contributed by atoms with Gasteiger partial charge in [-0.3, -0.25) is 4.79 Å². The van der Waals surface area contributed by atoms with E-state index in [0.29, 0.717) is 48.3 Å². The molecular weight excluding hydrogens is 304 g/mol. The zero-order chi connectivity index (χ0) is 16.3. The van der Waals surface area contributed by atoms with Gasteiger partial charge in [0, 0.05) is 18.7 Å². The van der Waals surface area contributed by atoms with Crippen molar-refractivity contribution in [1.29, 1.82) is 0 Å². The van der Waals surface area contributed by atoms with Crippen LogP contribution >= 0.6 is 11.6 Å². The molecule has 2 N–H and O–H groups in total. The number of nitrogens with zero attached hydrogens (tertiary/aromatic N) is 1. The van der Waals surface area contributed by atoms with Gasteiger partial charge in [0.1, 0.15) is 0 Å². The van der Waals surface area contributed by atoms with Gasteiger partial charge in [-0.1, -0.05) is 18.5 Å². The fourth-order valence-corrected chi connectivity index (χ4v) is 2.94. The minimum Gasteiger partial charge on any atom is -0.493 e. The van der Waals surface area contributed by atoms with Gasteiger partial charge in [-0.25, -0.2) is 0 Å². The van der Waals surface area contributed by atoms with Crippen molar-refractivity contribution >= 4 is 17.5 Å². The van der Waals surface area contributed by atoms with Gasteiger partial charge in [-0.2, -0.15) is 0 Å². The van der Waals surface area contributed by atoms with Crippen molar-refractivity contribution < 1.29 is 14.3 Å². The number of benzene rings is 1. The van der Waals surface area contributed by atoms with Gasteiger partial charge >= 0.3 is 0 Å². The Morgan fingerprint density at radius 2 is 2.23 bits per heavy atom. The van der Waals surface area contributed by atoms with Crippen molar-refractivity contribution in [3.63, 3.8) is 0 Å². The maximum absolute atomic E-state index is 12.7. The number of hydrogen-bond donors (Lipinski definition) is 1. The standard InChI is InChI=1S/C16H23ClN2O3/c1-4-22-14-12(17)7-11(8-13(14)21-3)15(20)19-6-5-16(2,9-18)10-19/h7-8H,4-6,9-10,18H2,1-3H3. The van der Waals surface area contributed by atoms with Gasteiger partial charge in [0.2, 0.25) is 0 Å². The summed E-state index contributed by atoms with van der Waals surface area (Å²) in [6.45, 7) is 6.39. The molecule has 6 heteroatoms. The number of hydrogen-bond acceptors (Lipinski definition) is 4. The number of methoxy groups -OCH3 is 1. The molecule has 1 aromatic rings. The van der Waals surface area contributed by atoms with Crippen LogP contribution in [0.4, 0.5) is 0 Å². The molecule has 0 radical (unpaired) electrons. The van der Waals surface area contributed by atoms with Crippen LogP contribution in [0.5, 0.6) is 11.5 Å². The summed E-state index contributed by atoms with van der Waals surface area (Å²) in [5.41, 5.74) is 6.30.